The number of thiazole rings is 1. The molecule has 0 amide bonds. The quantitative estimate of drug-likeness (QED) is 0.767. The molecule has 2 aliphatic heterocycles. The van der Waals surface area contributed by atoms with Crippen LogP contribution in [0.15, 0.2) is 44.2 Å². The number of hydrogen-bond acceptors (Lipinski definition) is 6. The van der Waals surface area contributed by atoms with Gasteiger partial charge in [0.15, 0.2) is 5.84 Å². The van der Waals surface area contributed by atoms with Gasteiger partial charge < -0.3 is 0 Å². The molecule has 1 unspecified atom stereocenters. The molecule has 0 saturated carbocycles. The van der Waals surface area contributed by atoms with E-state index in [1.165, 1.54) is 12.7 Å². The fourth-order valence-electron chi connectivity index (χ4n) is 2.02. The van der Waals surface area contributed by atoms with E-state index in [9.17, 15) is 0 Å². The van der Waals surface area contributed by atoms with Crippen LogP contribution in [0.3, 0.4) is 0 Å². The second kappa shape index (κ2) is 3.39. The first-order valence-corrected chi connectivity index (χ1v) is 6.25. The van der Waals surface area contributed by atoms with Crippen LogP contribution in [0.25, 0.3) is 10.2 Å². The van der Waals surface area contributed by atoms with Crippen LogP contribution < -0.4 is 0 Å². The normalized spacial score (nSPS) is 24.6. The van der Waals surface area contributed by atoms with Crippen LogP contribution in [0, 0.1) is 0 Å². The first-order valence-electron chi connectivity index (χ1n) is 5.43. The van der Waals surface area contributed by atoms with Crippen LogP contribution >= 0.6 is 11.3 Å². The molecule has 0 radical (unpaired) electrons. The number of aliphatic imine (C=N–C) groups is 4. The average molecular weight is 253 g/mol. The minimum absolute atomic E-state index is 0.636. The van der Waals surface area contributed by atoms with Gasteiger partial charge >= 0.3 is 0 Å². The third-order valence-electron chi connectivity index (χ3n) is 2.91. The number of benzene rings is 1. The van der Waals surface area contributed by atoms with Gasteiger partial charge in [-0.1, -0.05) is 12.1 Å². The van der Waals surface area contributed by atoms with E-state index in [-0.39, 0.29) is 0 Å². The molecule has 0 N–H and O–H groups in total. The molecule has 0 fully saturated rings. The van der Waals surface area contributed by atoms with E-state index in [1.807, 2.05) is 24.3 Å². The van der Waals surface area contributed by atoms with Gasteiger partial charge in [0.05, 0.1) is 10.2 Å². The van der Waals surface area contributed by atoms with E-state index in [0.717, 1.165) is 15.2 Å². The van der Waals surface area contributed by atoms with Crippen LogP contribution in [0.5, 0.6) is 0 Å². The van der Waals surface area contributed by atoms with Gasteiger partial charge in [0, 0.05) is 6.21 Å². The Balaban J connectivity index is 1.97. The Bertz CT molecular complexity index is 722. The number of para-hydroxylation sites is 1. The number of nitrogens with zero attached hydrogens (tertiary/aromatic N) is 5. The molecule has 1 atom stereocenters. The summed E-state index contributed by atoms with van der Waals surface area (Å²) in [7, 11) is 0. The SMILES string of the molecule is C1=NC=NC2=NC=NC12c1nc2ccccc2s1. The molecule has 86 valence electrons. The lowest BCUT2D eigenvalue weighted by molar-refractivity contribution is 0.832. The van der Waals surface area contributed by atoms with Crippen molar-refractivity contribution in [2.75, 3.05) is 0 Å². The number of rotatable bonds is 1. The predicted octanol–water partition coefficient (Wildman–Crippen LogP) is 2.04. The Morgan fingerprint density at radius 1 is 1.11 bits per heavy atom. The van der Waals surface area contributed by atoms with Gasteiger partial charge in [-0.3, -0.25) is 0 Å². The van der Waals surface area contributed by atoms with Crippen LogP contribution in [-0.2, 0) is 5.54 Å². The molecule has 0 aliphatic carbocycles. The van der Waals surface area contributed by atoms with Crippen molar-refractivity contribution in [1.29, 1.82) is 0 Å². The van der Waals surface area contributed by atoms with Crippen molar-refractivity contribution in [2.45, 2.75) is 5.54 Å². The zero-order valence-corrected chi connectivity index (χ0v) is 10.0. The summed E-state index contributed by atoms with van der Waals surface area (Å²) in [5, 5.41) is 0.858. The fourth-order valence-corrected chi connectivity index (χ4v) is 3.09. The number of hydrogen-bond donors (Lipinski definition) is 0. The lowest BCUT2D eigenvalue weighted by Gasteiger charge is -2.19. The highest BCUT2D eigenvalue weighted by Gasteiger charge is 2.42. The van der Waals surface area contributed by atoms with Gasteiger partial charge in [-0.2, -0.15) is 0 Å². The van der Waals surface area contributed by atoms with Crippen molar-refractivity contribution in [3.63, 3.8) is 0 Å². The number of fused-ring (bicyclic) bond motifs is 2. The Morgan fingerprint density at radius 2 is 2.06 bits per heavy atom. The summed E-state index contributed by atoms with van der Waals surface area (Å²) in [6.45, 7) is 0. The summed E-state index contributed by atoms with van der Waals surface area (Å²) < 4.78 is 1.13. The second-order valence-electron chi connectivity index (χ2n) is 3.97. The third kappa shape index (κ3) is 1.18. The number of aromatic nitrogens is 1. The van der Waals surface area contributed by atoms with Crippen molar-refractivity contribution in [3.05, 3.63) is 29.3 Å². The van der Waals surface area contributed by atoms with Gasteiger partial charge in [-0.25, -0.2) is 25.0 Å². The summed E-state index contributed by atoms with van der Waals surface area (Å²) >= 11 is 1.60. The monoisotopic (exact) mass is 253 g/mol. The molecule has 18 heavy (non-hydrogen) atoms. The molecular formula is C12H7N5S. The Kier molecular flexibility index (Phi) is 1.84. The first kappa shape index (κ1) is 9.78. The molecule has 5 nitrogen and oxygen atoms in total. The number of amidine groups is 1. The van der Waals surface area contributed by atoms with Gasteiger partial charge in [0.2, 0.25) is 5.54 Å². The molecule has 1 aromatic carbocycles. The van der Waals surface area contributed by atoms with E-state index < -0.39 is 5.54 Å². The maximum absolute atomic E-state index is 4.63. The molecule has 2 aliphatic rings. The molecule has 1 aromatic heterocycles. The van der Waals surface area contributed by atoms with E-state index in [2.05, 4.69) is 25.0 Å². The smallest absolute Gasteiger partial charge is 0.208 e. The molecule has 2 aromatic rings. The van der Waals surface area contributed by atoms with Gasteiger partial charge in [-0.05, 0) is 12.1 Å². The molecule has 6 heteroatoms. The molecule has 4 rings (SSSR count). The Labute approximate surface area is 106 Å². The van der Waals surface area contributed by atoms with Gasteiger partial charge in [0.25, 0.3) is 0 Å². The van der Waals surface area contributed by atoms with Crippen molar-refractivity contribution in [1.82, 2.24) is 4.98 Å². The lowest BCUT2D eigenvalue weighted by Crippen LogP contribution is -2.34. The summed E-state index contributed by atoms with van der Waals surface area (Å²) in [6.07, 6.45) is 4.76. The Hall–Kier alpha value is -2.21. The van der Waals surface area contributed by atoms with Crippen LogP contribution in [0.2, 0.25) is 0 Å². The van der Waals surface area contributed by atoms with Crippen LogP contribution in [-0.4, -0.2) is 29.7 Å². The topological polar surface area (TPSA) is 62.3 Å². The molecule has 0 spiro atoms. The molecular weight excluding hydrogens is 246 g/mol. The molecule has 3 heterocycles. The van der Waals surface area contributed by atoms with Gasteiger partial charge in [-0.15, -0.1) is 11.3 Å². The summed E-state index contributed by atoms with van der Waals surface area (Å²) in [5.74, 6) is 0.636. The van der Waals surface area contributed by atoms with Crippen LogP contribution in [0.1, 0.15) is 5.01 Å². The summed E-state index contributed by atoms with van der Waals surface area (Å²) in [5.41, 5.74) is 0.259. The minimum Gasteiger partial charge on any atom is -0.246 e. The minimum atomic E-state index is -0.710. The van der Waals surface area contributed by atoms with E-state index in [1.54, 1.807) is 17.6 Å². The lowest BCUT2D eigenvalue weighted by atomic mass is 10.0. The zero-order valence-electron chi connectivity index (χ0n) is 9.19. The van der Waals surface area contributed by atoms with E-state index in [0.29, 0.717) is 5.84 Å². The van der Waals surface area contributed by atoms with E-state index in [4.69, 9.17) is 0 Å². The van der Waals surface area contributed by atoms with E-state index >= 15 is 0 Å². The predicted molar refractivity (Wildman–Crippen MR) is 74.2 cm³/mol. The van der Waals surface area contributed by atoms with Crippen molar-refractivity contribution in [3.8, 4) is 0 Å². The maximum Gasteiger partial charge on any atom is 0.208 e. The molecule has 0 bridgehead atoms. The fraction of sp³-hybridized carbons (Fsp3) is 0.0833. The van der Waals surface area contributed by atoms with Gasteiger partial charge in [0.1, 0.15) is 17.7 Å². The van der Waals surface area contributed by atoms with Crippen molar-refractivity contribution >= 4 is 46.3 Å². The largest absolute Gasteiger partial charge is 0.246 e. The molecule has 0 saturated heterocycles. The van der Waals surface area contributed by atoms with Crippen molar-refractivity contribution in [2.24, 2.45) is 20.0 Å². The van der Waals surface area contributed by atoms with Crippen LogP contribution in [0.4, 0.5) is 0 Å². The standard InChI is InChI=1S/C12H7N5S/c1-2-4-9-8(3-1)17-11(18-9)12-5-13-6-14-10(12)15-7-16-12/h1-7H. The maximum atomic E-state index is 4.63. The summed E-state index contributed by atoms with van der Waals surface area (Å²) in [4.78, 5) is 21.5. The highest BCUT2D eigenvalue weighted by molar-refractivity contribution is 7.19. The summed E-state index contributed by atoms with van der Waals surface area (Å²) in [6, 6.07) is 8.02. The van der Waals surface area contributed by atoms with Crippen molar-refractivity contribution < 1.29 is 0 Å². The highest BCUT2D eigenvalue weighted by Crippen LogP contribution is 2.36. The average Bonchev–Trinajstić information content (AvgIpc) is 3.03. The zero-order chi connectivity index (χ0) is 12.0. The first-order chi connectivity index (χ1) is 8.88. The second-order valence-corrected chi connectivity index (χ2v) is 5.00. The highest BCUT2D eigenvalue weighted by atomic mass is 32.1. The third-order valence-corrected chi connectivity index (χ3v) is 4.07. The Morgan fingerprint density at radius 3 is 3.00 bits per heavy atom.